The number of carbonyl (C=O) groups is 2. The largest absolute Gasteiger partial charge is 0.293 e. The van der Waals surface area contributed by atoms with Gasteiger partial charge in [0.05, 0.1) is 22.8 Å². The van der Waals surface area contributed by atoms with Crippen molar-refractivity contribution in [2.45, 2.75) is 20.8 Å². The molecule has 0 spiro atoms. The van der Waals surface area contributed by atoms with Crippen LogP contribution in [0, 0.1) is 6.92 Å². The van der Waals surface area contributed by atoms with Crippen LogP contribution < -0.4 is 0 Å². The molecule has 0 aliphatic carbocycles. The lowest BCUT2D eigenvalue weighted by Crippen LogP contribution is -2.01. The molecule has 0 unspecified atom stereocenters. The average molecular weight is 407 g/mol. The third-order valence-electron chi connectivity index (χ3n) is 4.95. The van der Waals surface area contributed by atoms with E-state index in [-0.39, 0.29) is 11.6 Å². The Bertz CT molecular complexity index is 1220. The smallest absolute Gasteiger partial charge is 0.178 e. The van der Waals surface area contributed by atoms with Crippen LogP contribution >= 0.6 is 0 Å². The quantitative estimate of drug-likeness (QED) is 0.404. The maximum Gasteiger partial charge on any atom is 0.178 e. The van der Waals surface area contributed by atoms with E-state index in [1.807, 2.05) is 31.2 Å². The number of pyridine rings is 3. The number of carbonyl (C=O) groups excluding carboxylic acids is 2. The van der Waals surface area contributed by atoms with Crippen LogP contribution in [0.25, 0.3) is 33.9 Å². The fourth-order valence-corrected chi connectivity index (χ4v) is 3.25. The Morgan fingerprint density at radius 1 is 0.581 bits per heavy atom. The zero-order valence-electron chi connectivity index (χ0n) is 17.6. The number of rotatable bonds is 5. The van der Waals surface area contributed by atoms with Crippen LogP contribution in [0.1, 0.15) is 40.4 Å². The van der Waals surface area contributed by atoms with E-state index in [0.29, 0.717) is 34.2 Å². The number of Topliss-reactive ketones (excluding diaryl/α,β-unsaturated/α-hetero) is 2. The van der Waals surface area contributed by atoms with Crippen molar-refractivity contribution >= 4 is 11.6 Å². The molecule has 31 heavy (non-hydrogen) atoms. The van der Waals surface area contributed by atoms with E-state index in [9.17, 15) is 9.59 Å². The van der Waals surface area contributed by atoms with Gasteiger partial charge in [0.25, 0.3) is 0 Å². The third kappa shape index (κ3) is 4.46. The molecule has 0 aliphatic heterocycles. The van der Waals surface area contributed by atoms with Gasteiger partial charge in [-0.05, 0) is 54.4 Å². The van der Waals surface area contributed by atoms with Gasteiger partial charge in [0.2, 0.25) is 0 Å². The summed E-state index contributed by atoms with van der Waals surface area (Å²) in [6, 6.07) is 22.8. The molecule has 0 amide bonds. The summed E-state index contributed by atoms with van der Waals surface area (Å²) in [5.41, 5.74) is 6.39. The topological polar surface area (TPSA) is 72.8 Å². The van der Waals surface area contributed by atoms with Crippen molar-refractivity contribution in [1.82, 2.24) is 15.0 Å². The van der Waals surface area contributed by atoms with Crippen molar-refractivity contribution in [1.29, 1.82) is 0 Å². The first-order chi connectivity index (χ1) is 14.9. The normalized spacial score (nSPS) is 10.7. The van der Waals surface area contributed by atoms with Gasteiger partial charge in [-0.15, -0.1) is 0 Å². The Kier molecular flexibility index (Phi) is 5.50. The summed E-state index contributed by atoms with van der Waals surface area (Å²) in [7, 11) is 0. The van der Waals surface area contributed by atoms with E-state index >= 15 is 0 Å². The van der Waals surface area contributed by atoms with E-state index in [1.165, 1.54) is 19.4 Å². The average Bonchev–Trinajstić information content (AvgIpc) is 2.79. The van der Waals surface area contributed by atoms with E-state index in [0.717, 1.165) is 11.1 Å². The molecule has 0 bridgehead atoms. The van der Waals surface area contributed by atoms with Crippen LogP contribution in [0.5, 0.6) is 0 Å². The number of hydrogen-bond acceptors (Lipinski definition) is 5. The zero-order chi connectivity index (χ0) is 22.0. The van der Waals surface area contributed by atoms with Crippen LogP contribution in [0.2, 0.25) is 0 Å². The number of aromatic nitrogens is 3. The second-order valence-corrected chi connectivity index (χ2v) is 7.42. The number of hydrogen-bond donors (Lipinski definition) is 0. The van der Waals surface area contributed by atoms with Gasteiger partial charge in [-0.1, -0.05) is 42.0 Å². The van der Waals surface area contributed by atoms with E-state index in [1.54, 1.807) is 24.3 Å². The Hall–Kier alpha value is -3.99. The minimum absolute atomic E-state index is 0.104. The summed E-state index contributed by atoms with van der Waals surface area (Å²) >= 11 is 0. The Labute approximate surface area is 180 Å². The van der Waals surface area contributed by atoms with E-state index in [4.69, 9.17) is 4.98 Å². The molecule has 3 aromatic heterocycles. The maximum absolute atomic E-state index is 11.8. The van der Waals surface area contributed by atoms with Crippen LogP contribution in [0.3, 0.4) is 0 Å². The summed E-state index contributed by atoms with van der Waals surface area (Å²) in [4.78, 5) is 37.4. The summed E-state index contributed by atoms with van der Waals surface area (Å²) < 4.78 is 0. The first-order valence-corrected chi connectivity index (χ1v) is 9.96. The van der Waals surface area contributed by atoms with Gasteiger partial charge in [0, 0.05) is 13.8 Å². The van der Waals surface area contributed by atoms with Gasteiger partial charge >= 0.3 is 0 Å². The molecule has 3 heterocycles. The Balaban J connectivity index is 1.92. The minimum Gasteiger partial charge on any atom is -0.293 e. The molecular weight excluding hydrogens is 386 g/mol. The van der Waals surface area contributed by atoms with Crippen molar-refractivity contribution in [2.75, 3.05) is 0 Å². The monoisotopic (exact) mass is 407 g/mol. The molecule has 152 valence electrons. The van der Waals surface area contributed by atoms with Crippen molar-refractivity contribution < 1.29 is 9.59 Å². The number of aryl methyl sites for hydroxylation is 1. The van der Waals surface area contributed by atoms with Crippen LogP contribution in [-0.2, 0) is 0 Å². The Morgan fingerprint density at radius 3 is 1.52 bits per heavy atom. The van der Waals surface area contributed by atoms with Crippen molar-refractivity contribution in [3.8, 4) is 33.9 Å². The lowest BCUT2D eigenvalue weighted by atomic mass is 10.0. The van der Waals surface area contributed by atoms with Crippen molar-refractivity contribution in [3.05, 3.63) is 89.7 Å². The van der Waals surface area contributed by atoms with E-state index in [2.05, 4.69) is 34.2 Å². The summed E-state index contributed by atoms with van der Waals surface area (Å²) in [6.07, 6.45) is 0. The third-order valence-corrected chi connectivity index (χ3v) is 4.95. The molecular formula is C26H21N3O2. The molecule has 4 rings (SSSR count). The Morgan fingerprint density at radius 2 is 1.06 bits per heavy atom. The minimum atomic E-state index is -0.104. The van der Waals surface area contributed by atoms with Gasteiger partial charge in [-0.3, -0.25) is 9.59 Å². The van der Waals surface area contributed by atoms with Crippen molar-refractivity contribution in [3.63, 3.8) is 0 Å². The predicted octanol–water partition coefficient (Wildman–Crippen LogP) is 5.59. The molecule has 4 aromatic rings. The van der Waals surface area contributed by atoms with Gasteiger partial charge in [0.15, 0.2) is 11.6 Å². The molecule has 0 aliphatic rings. The number of ketones is 2. The SMILES string of the molecule is CC(=O)c1cccc(-c2cc(-c3ccc(C)cc3)cc(-c3cccc(C(C)=O)n3)n2)n1. The second-order valence-electron chi connectivity index (χ2n) is 7.42. The molecule has 0 fully saturated rings. The highest BCUT2D eigenvalue weighted by Crippen LogP contribution is 2.29. The molecule has 1 aromatic carbocycles. The number of benzene rings is 1. The molecule has 0 saturated carbocycles. The number of nitrogens with zero attached hydrogens (tertiary/aromatic N) is 3. The zero-order valence-corrected chi connectivity index (χ0v) is 17.6. The summed E-state index contributed by atoms with van der Waals surface area (Å²) in [5, 5.41) is 0. The van der Waals surface area contributed by atoms with E-state index < -0.39 is 0 Å². The first-order valence-electron chi connectivity index (χ1n) is 9.96. The molecule has 0 radical (unpaired) electrons. The lowest BCUT2D eigenvalue weighted by Gasteiger charge is -2.10. The molecule has 5 nitrogen and oxygen atoms in total. The molecule has 0 N–H and O–H groups in total. The summed E-state index contributed by atoms with van der Waals surface area (Å²) in [5.74, 6) is -0.208. The second kappa shape index (κ2) is 8.40. The fourth-order valence-electron chi connectivity index (χ4n) is 3.25. The van der Waals surface area contributed by atoms with Gasteiger partial charge in [0.1, 0.15) is 11.4 Å². The lowest BCUT2D eigenvalue weighted by molar-refractivity contribution is 0.100. The van der Waals surface area contributed by atoms with Gasteiger partial charge in [-0.25, -0.2) is 15.0 Å². The highest BCUT2D eigenvalue weighted by Gasteiger charge is 2.13. The first kappa shape index (κ1) is 20.3. The van der Waals surface area contributed by atoms with Crippen LogP contribution in [0.15, 0.2) is 72.8 Å². The highest BCUT2D eigenvalue weighted by molar-refractivity contribution is 5.93. The highest BCUT2D eigenvalue weighted by atomic mass is 16.1. The summed E-state index contributed by atoms with van der Waals surface area (Å²) in [6.45, 7) is 5.03. The standard InChI is InChI=1S/C26H21N3O2/c1-16-10-12-19(13-11-16)20-14-25(23-8-4-6-21(27-23)17(2)30)29-26(15-20)24-9-5-7-22(28-24)18(3)31/h4-15H,1-3H3. The van der Waals surface area contributed by atoms with Gasteiger partial charge < -0.3 is 0 Å². The van der Waals surface area contributed by atoms with Crippen LogP contribution in [-0.4, -0.2) is 26.5 Å². The molecule has 0 saturated heterocycles. The van der Waals surface area contributed by atoms with Crippen molar-refractivity contribution in [2.24, 2.45) is 0 Å². The predicted molar refractivity (Wildman–Crippen MR) is 121 cm³/mol. The molecule has 5 heteroatoms. The maximum atomic E-state index is 11.8. The van der Waals surface area contributed by atoms with Crippen LogP contribution in [0.4, 0.5) is 0 Å². The fraction of sp³-hybridized carbons (Fsp3) is 0.115. The van der Waals surface area contributed by atoms with Gasteiger partial charge in [-0.2, -0.15) is 0 Å². The molecule has 0 atom stereocenters.